The van der Waals surface area contributed by atoms with Gasteiger partial charge in [-0.15, -0.1) is 0 Å². The zero-order valence-corrected chi connectivity index (χ0v) is 13.9. The summed E-state index contributed by atoms with van der Waals surface area (Å²) < 4.78 is 5.89. The topological polar surface area (TPSA) is 42.4 Å². The van der Waals surface area contributed by atoms with Gasteiger partial charge in [-0.1, -0.05) is 12.2 Å². The summed E-state index contributed by atoms with van der Waals surface area (Å²) >= 11 is 0. The Hall–Kier alpha value is -1.84. The highest BCUT2D eigenvalue weighted by atomic mass is 16.5. The Kier molecular flexibility index (Phi) is 5.31. The molecule has 0 saturated carbocycles. The fraction of sp³-hybridized carbons (Fsp3) is 0.579. The van der Waals surface area contributed by atoms with Crippen LogP contribution in [-0.2, 0) is 4.79 Å². The van der Waals surface area contributed by atoms with Crippen LogP contribution in [0.1, 0.15) is 37.8 Å². The van der Waals surface area contributed by atoms with Crippen molar-refractivity contribution >= 4 is 5.91 Å². The predicted octanol–water partition coefficient (Wildman–Crippen LogP) is 3.36. The Labute approximate surface area is 138 Å². The van der Waals surface area contributed by atoms with Crippen LogP contribution in [0, 0.1) is 18.8 Å². The van der Waals surface area contributed by atoms with Gasteiger partial charge in [-0.05, 0) is 51.0 Å². The third kappa shape index (κ3) is 4.34. The molecule has 3 rings (SSSR count). The highest BCUT2D eigenvalue weighted by molar-refractivity contribution is 5.79. The highest BCUT2D eigenvalue weighted by Crippen LogP contribution is 2.25. The minimum absolute atomic E-state index is 0.215. The smallest absolute Gasteiger partial charge is 0.226 e. The van der Waals surface area contributed by atoms with Crippen LogP contribution in [0.15, 0.2) is 30.5 Å². The number of ether oxygens (including phenoxy) is 1. The monoisotopic (exact) mass is 314 g/mol. The molecule has 1 aromatic heterocycles. The minimum atomic E-state index is 0.215. The van der Waals surface area contributed by atoms with Crippen molar-refractivity contribution in [1.29, 1.82) is 0 Å². The van der Waals surface area contributed by atoms with E-state index in [1.54, 1.807) is 6.20 Å². The molecule has 0 radical (unpaired) electrons. The molecule has 124 valence electrons. The summed E-state index contributed by atoms with van der Waals surface area (Å²) in [7, 11) is 0. The number of piperidine rings is 1. The van der Waals surface area contributed by atoms with E-state index in [1.165, 1.54) is 0 Å². The number of aromatic nitrogens is 1. The van der Waals surface area contributed by atoms with Gasteiger partial charge in [-0.2, -0.15) is 0 Å². The molecule has 0 bridgehead atoms. The number of likely N-dealkylation sites (tertiary alicyclic amines) is 1. The second kappa shape index (κ2) is 7.62. The van der Waals surface area contributed by atoms with Crippen molar-refractivity contribution in [3.63, 3.8) is 0 Å². The second-order valence-corrected chi connectivity index (χ2v) is 6.69. The molecule has 1 amide bonds. The van der Waals surface area contributed by atoms with Crippen LogP contribution in [0.25, 0.3) is 0 Å². The average molecular weight is 314 g/mol. The number of hydrogen-bond acceptors (Lipinski definition) is 3. The molecule has 1 aliphatic carbocycles. The van der Waals surface area contributed by atoms with Gasteiger partial charge in [-0.3, -0.25) is 9.78 Å². The van der Waals surface area contributed by atoms with E-state index in [9.17, 15) is 4.79 Å². The van der Waals surface area contributed by atoms with Gasteiger partial charge in [-0.25, -0.2) is 0 Å². The van der Waals surface area contributed by atoms with Crippen molar-refractivity contribution < 1.29 is 9.53 Å². The Morgan fingerprint density at radius 1 is 1.30 bits per heavy atom. The zero-order valence-electron chi connectivity index (χ0n) is 13.9. The molecule has 1 unspecified atom stereocenters. The van der Waals surface area contributed by atoms with Gasteiger partial charge in [0.05, 0.1) is 6.61 Å². The lowest BCUT2D eigenvalue weighted by molar-refractivity contribution is -0.137. The number of allylic oxidation sites excluding steroid dienone is 2. The third-order valence-electron chi connectivity index (χ3n) is 4.90. The van der Waals surface area contributed by atoms with Crippen LogP contribution in [0.5, 0.6) is 5.75 Å². The quantitative estimate of drug-likeness (QED) is 0.800. The average Bonchev–Trinajstić information content (AvgIpc) is 2.61. The lowest BCUT2D eigenvalue weighted by atomic mass is 9.91. The van der Waals surface area contributed by atoms with Gasteiger partial charge in [0.2, 0.25) is 5.91 Å². The minimum Gasteiger partial charge on any atom is -0.493 e. The molecule has 2 aliphatic rings. The molecule has 4 nitrogen and oxygen atoms in total. The molecule has 1 fully saturated rings. The zero-order chi connectivity index (χ0) is 16.1. The summed E-state index contributed by atoms with van der Waals surface area (Å²) in [5.41, 5.74) is 0.976. The van der Waals surface area contributed by atoms with Gasteiger partial charge in [0.25, 0.3) is 0 Å². The summed E-state index contributed by atoms with van der Waals surface area (Å²) in [5.74, 6) is 2.01. The van der Waals surface area contributed by atoms with E-state index in [2.05, 4.69) is 22.0 Å². The molecule has 23 heavy (non-hydrogen) atoms. The van der Waals surface area contributed by atoms with Crippen molar-refractivity contribution in [3.05, 3.63) is 36.2 Å². The maximum atomic E-state index is 12.5. The van der Waals surface area contributed by atoms with Crippen LogP contribution in [0.3, 0.4) is 0 Å². The highest BCUT2D eigenvalue weighted by Gasteiger charge is 2.28. The van der Waals surface area contributed by atoms with E-state index in [4.69, 9.17) is 4.74 Å². The Bertz CT molecular complexity index is 562. The number of carbonyl (C=O) groups is 1. The largest absolute Gasteiger partial charge is 0.493 e. The van der Waals surface area contributed by atoms with Crippen LogP contribution in [0.4, 0.5) is 0 Å². The standard InChI is InChI=1S/C19H26N2O2/c1-15-13-18(7-10-20-15)23-14-16-8-11-21(12-9-16)19(22)17-5-3-2-4-6-17/h2-3,7,10,13,16-17H,4-6,8-9,11-12,14H2,1H3. The molecule has 1 aromatic rings. The molecule has 0 N–H and O–H groups in total. The normalized spacial score (nSPS) is 22.1. The van der Waals surface area contributed by atoms with Crippen molar-refractivity contribution in [1.82, 2.24) is 9.88 Å². The Morgan fingerprint density at radius 2 is 2.13 bits per heavy atom. The van der Waals surface area contributed by atoms with Gasteiger partial charge < -0.3 is 9.64 Å². The third-order valence-corrected chi connectivity index (χ3v) is 4.90. The Balaban J connectivity index is 1.43. The molecule has 2 heterocycles. The van der Waals surface area contributed by atoms with Crippen LogP contribution < -0.4 is 4.74 Å². The lowest BCUT2D eigenvalue weighted by Gasteiger charge is -2.34. The van der Waals surface area contributed by atoms with Gasteiger partial charge in [0.15, 0.2) is 0 Å². The molecule has 1 saturated heterocycles. The van der Waals surface area contributed by atoms with E-state index in [0.29, 0.717) is 11.8 Å². The number of amides is 1. The molecule has 0 spiro atoms. The summed E-state index contributed by atoms with van der Waals surface area (Å²) in [6.45, 7) is 4.46. The van der Waals surface area contributed by atoms with E-state index in [-0.39, 0.29) is 5.92 Å². The Morgan fingerprint density at radius 3 is 2.83 bits per heavy atom. The van der Waals surface area contributed by atoms with Crippen molar-refractivity contribution in [2.45, 2.75) is 39.0 Å². The SMILES string of the molecule is Cc1cc(OCC2CCN(C(=O)C3CC=CCC3)CC2)ccn1. The number of carbonyl (C=O) groups excluding carboxylic acids is 1. The maximum absolute atomic E-state index is 12.5. The molecular formula is C19H26N2O2. The first kappa shape index (κ1) is 16.0. The lowest BCUT2D eigenvalue weighted by Crippen LogP contribution is -2.42. The predicted molar refractivity (Wildman–Crippen MR) is 90.3 cm³/mol. The molecule has 4 heteroatoms. The van der Waals surface area contributed by atoms with Crippen molar-refractivity contribution in [2.75, 3.05) is 19.7 Å². The molecule has 0 aromatic carbocycles. The van der Waals surface area contributed by atoms with E-state index < -0.39 is 0 Å². The van der Waals surface area contributed by atoms with Crippen LogP contribution in [-0.4, -0.2) is 35.5 Å². The van der Waals surface area contributed by atoms with Crippen LogP contribution >= 0.6 is 0 Å². The molecule has 1 aliphatic heterocycles. The first-order chi connectivity index (χ1) is 11.2. The molecule has 1 atom stereocenters. The summed E-state index contributed by atoms with van der Waals surface area (Å²) in [5, 5.41) is 0. The van der Waals surface area contributed by atoms with Gasteiger partial charge in [0, 0.05) is 37.0 Å². The number of hydrogen-bond donors (Lipinski definition) is 0. The first-order valence-corrected chi connectivity index (χ1v) is 8.71. The van der Waals surface area contributed by atoms with E-state index >= 15 is 0 Å². The summed E-state index contributed by atoms with van der Waals surface area (Å²) in [6.07, 6.45) is 11.2. The van der Waals surface area contributed by atoms with Crippen molar-refractivity contribution in [3.8, 4) is 5.75 Å². The molecular weight excluding hydrogens is 288 g/mol. The van der Waals surface area contributed by atoms with Crippen molar-refractivity contribution in [2.24, 2.45) is 11.8 Å². The first-order valence-electron chi connectivity index (χ1n) is 8.71. The van der Waals surface area contributed by atoms with Gasteiger partial charge >= 0.3 is 0 Å². The number of pyridine rings is 1. The van der Waals surface area contributed by atoms with Gasteiger partial charge in [0.1, 0.15) is 5.75 Å². The fourth-order valence-corrected chi connectivity index (χ4v) is 3.42. The fourth-order valence-electron chi connectivity index (χ4n) is 3.42. The van der Waals surface area contributed by atoms with Crippen LogP contribution in [0.2, 0.25) is 0 Å². The number of nitrogens with zero attached hydrogens (tertiary/aromatic N) is 2. The summed E-state index contributed by atoms with van der Waals surface area (Å²) in [4.78, 5) is 18.8. The summed E-state index contributed by atoms with van der Waals surface area (Å²) in [6, 6.07) is 3.87. The van der Waals surface area contributed by atoms with E-state index in [0.717, 1.165) is 63.2 Å². The maximum Gasteiger partial charge on any atom is 0.226 e. The number of rotatable bonds is 4. The number of aryl methyl sites for hydroxylation is 1. The second-order valence-electron chi connectivity index (χ2n) is 6.69. The van der Waals surface area contributed by atoms with E-state index in [1.807, 2.05) is 19.1 Å².